The number of hydrogen-bond donors (Lipinski definition) is 4. The Morgan fingerprint density at radius 3 is 2.79 bits per heavy atom. The number of methoxy groups -OCH3 is 1. The number of ether oxygens (including phenoxy) is 3. The van der Waals surface area contributed by atoms with E-state index in [0.717, 1.165) is 3.77 Å². The monoisotopic (exact) mass is 584 g/mol. The predicted octanol–water partition coefficient (Wildman–Crippen LogP) is 2.40. The summed E-state index contributed by atoms with van der Waals surface area (Å²) in [5, 5.41) is 19.3. The molecule has 0 fully saturated rings. The van der Waals surface area contributed by atoms with Crippen molar-refractivity contribution in [1.82, 2.24) is 16.1 Å². The summed E-state index contributed by atoms with van der Waals surface area (Å²) in [6, 6.07) is 7.37. The summed E-state index contributed by atoms with van der Waals surface area (Å²) in [6.07, 6.45) is 0.340. The Labute approximate surface area is 209 Å². The van der Waals surface area contributed by atoms with Gasteiger partial charge in [-0.25, -0.2) is 9.59 Å². The Morgan fingerprint density at radius 1 is 1.32 bits per heavy atom. The number of nitrogens with one attached hydrogen (secondary N) is 3. The maximum absolute atomic E-state index is 12.3. The minimum atomic E-state index is -1.10. The molecule has 2 atom stereocenters. The molecule has 0 unspecified atom stereocenters. The van der Waals surface area contributed by atoms with Gasteiger partial charge in [-0.05, 0) is 66.3 Å². The normalized spacial score (nSPS) is 16.6. The molecular weight excluding hydrogens is 559 g/mol. The van der Waals surface area contributed by atoms with Gasteiger partial charge in [0, 0.05) is 5.70 Å². The van der Waals surface area contributed by atoms with E-state index in [1.807, 2.05) is 29.5 Å². The number of hydrogen-bond acceptors (Lipinski definition) is 9. The second kappa shape index (κ2) is 11.7. The van der Waals surface area contributed by atoms with Crippen molar-refractivity contribution in [1.29, 1.82) is 0 Å². The Morgan fingerprint density at radius 2 is 2.12 bits per heavy atom. The number of halogens is 1. The fourth-order valence-electron chi connectivity index (χ4n) is 3.21. The van der Waals surface area contributed by atoms with Gasteiger partial charge in [0.1, 0.15) is 12.4 Å². The van der Waals surface area contributed by atoms with Gasteiger partial charge < -0.3 is 34.4 Å². The van der Waals surface area contributed by atoms with E-state index in [9.17, 15) is 14.7 Å². The number of hydrazone groups is 1. The second-order valence-corrected chi connectivity index (χ2v) is 8.12. The standard InChI is InChI=1S/C22H25IN4O7/c1-4-32-16-9-13(20-19(21(29)31-3)12(2)25-22(30)26-20)5-7-15(16)33-11-18(28)27-24-10-14-6-8-17(23)34-14/h5-10,18,20,27-28H,4,11H2,1-3H3,(H2,25,26,30)/b24-10-/t18-,20+/m0/s1. The highest BCUT2D eigenvalue weighted by atomic mass is 127. The molecule has 0 bridgehead atoms. The van der Waals surface area contributed by atoms with Crippen LogP contribution in [0.4, 0.5) is 4.79 Å². The van der Waals surface area contributed by atoms with Crippen LogP contribution in [0.2, 0.25) is 0 Å². The van der Waals surface area contributed by atoms with Gasteiger partial charge in [0.05, 0.1) is 31.5 Å². The lowest BCUT2D eigenvalue weighted by atomic mass is 9.95. The van der Waals surface area contributed by atoms with Gasteiger partial charge in [-0.2, -0.15) is 5.10 Å². The number of allylic oxidation sites excluding steroid dienone is 1. The molecule has 0 saturated heterocycles. The van der Waals surface area contributed by atoms with Gasteiger partial charge in [-0.3, -0.25) is 5.43 Å². The van der Waals surface area contributed by atoms with Crippen LogP contribution in [-0.2, 0) is 9.53 Å². The quantitative estimate of drug-likeness (QED) is 0.110. The first-order chi connectivity index (χ1) is 16.3. The van der Waals surface area contributed by atoms with Crippen LogP contribution in [0.3, 0.4) is 0 Å². The van der Waals surface area contributed by atoms with E-state index in [0.29, 0.717) is 35.1 Å². The van der Waals surface area contributed by atoms with Crippen LogP contribution in [0, 0.1) is 3.77 Å². The molecular formula is C22H25IN4O7. The lowest BCUT2D eigenvalue weighted by molar-refractivity contribution is -0.136. The first kappa shape index (κ1) is 25.4. The highest BCUT2D eigenvalue weighted by Gasteiger charge is 2.32. The number of carbonyl (C=O) groups is 2. The van der Waals surface area contributed by atoms with Gasteiger partial charge in [0.2, 0.25) is 0 Å². The Balaban J connectivity index is 1.72. The number of carbonyl (C=O) groups excluding carboxylic acids is 2. The minimum absolute atomic E-state index is 0.122. The summed E-state index contributed by atoms with van der Waals surface area (Å²) in [6.45, 7) is 3.67. The summed E-state index contributed by atoms with van der Waals surface area (Å²) < 4.78 is 22.3. The fraction of sp³-hybridized carbons (Fsp3) is 0.318. The number of benzene rings is 1. The first-order valence-corrected chi connectivity index (χ1v) is 11.4. The molecule has 1 aliphatic rings. The van der Waals surface area contributed by atoms with Crippen LogP contribution in [0.15, 0.2) is 51.1 Å². The predicted molar refractivity (Wildman–Crippen MR) is 130 cm³/mol. The smallest absolute Gasteiger partial charge is 0.337 e. The van der Waals surface area contributed by atoms with Crippen LogP contribution in [0.1, 0.15) is 31.2 Å². The van der Waals surface area contributed by atoms with Gasteiger partial charge in [0.25, 0.3) is 0 Å². The number of amides is 2. The van der Waals surface area contributed by atoms with Gasteiger partial charge in [-0.15, -0.1) is 0 Å². The number of urea groups is 1. The number of nitrogens with zero attached hydrogens (tertiary/aromatic N) is 1. The van der Waals surface area contributed by atoms with Gasteiger partial charge >= 0.3 is 12.0 Å². The molecule has 34 heavy (non-hydrogen) atoms. The first-order valence-electron chi connectivity index (χ1n) is 10.3. The maximum atomic E-state index is 12.3. The minimum Gasteiger partial charge on any atom is -0.490 e. The molecule has 11 nitrogen and oxygen atoms in total. The van der Waals surface area contributed by atoms with Crippen molar-refractivity contribution in [2.75, 3.05) is 20.3 Å². The highest BCUT2D eigenvalue weighted by molar-refractivity contribution is 14.1. The number of aliphatic hydroxyl groups is 1. The second-order valence-electron chi connectivity index (χ2n) is 7.06. The lowest BCUT2D eigenvalue weighted by Crippen LogP contribution is -2.45. The summed E-state index contributed by atoms with van der Waals surface area (Å²) in [5.41, 5.74) is 3.82. The highest BCUT2D eigenvalue weighted by Crippen LogP contribution is 2.34. The molecule has 12 heteroatoms. The van der Waals surface area contributed by atoms with E-state index in [4.69, 9.17) is 18.6 Å². The van der Waals surface area contributed by atoms with Crippen LogP contribution >= 0.6 is 22.6 Å². The molecule has 3 rings (SSSR count). The van der Waals surface area contributed by atoms with Gasteiger partial charge in [0.15, 0.2) is 21.5 Å². The molecule has 4 N–H and O–H groups in total. The van der Waals surface area contributed by atoms with Crippen molar-refractivity contribution in [3.8, 4) is 11.5 Å². The Kier molecular flexibility index (Phi) is 8.76. The molecule has 2 aromatic rings. The van der Waals surface area contributed by atoms with E-state index in [-0.39, 0.29) is 12.2 Å². The molecule has 0 spiro atoms. The van der Waals surface area contributed by atoms with E-state index in [2.05, 4.69) is 21.2 Å². The molecule has 1 aromatic heterocycles. The number of furan rings is 1. The summed E-state index contributed by atoms with van der Waals surface area (Å²) >= 11 is 2.04. The average molecular weight is 584 g/mol. The van der Waals surface area contributed by atoms with Crippen LogP contribution in [0.5, 0.6) is 11.5 Å². The third-order valence-electron chi connectivity index (χ3n) is 4.68. The third kappa shape index (κ3) is 6.41. The Hall–Kier alpha value is -3.26. The van der Waals surface area contributed by atoms with Crippen LogP contribution in [0.25, 0.3) is 0 Å². The van der Waals surface area contributed by atoms with Crippen molar-refractivity contribution in [2.45, 2.75) is 26.1 Å². The van der Waals surface area contributed by atoms with Crippen molar-refractivity contribution < 1.29 is 33.3 Å². The zero-order chi connectivity index (χ0) is 24.7. The largest absolute Gasteiger partial charge is 0.490 e. The number of esters is 1. The van der Waals surface area contributed by atoms with Crippen molar-refractivity contribution in [3.05, 3.63) is 56.7 Å². The topological polar surface area (TPSA) is 144 Å². The summed E-state index contributed by atoms with van der Waals surface area (Å²) in [7, 11) is 1.28. The summed E-state index contributed by atoms with van der Waals surface area (Å²) in [5.74, 6) is 0.735. The molecule has 2 amide bonds. The maximum Gasteiger partial charge on any atom is 0.337 e. The summed E-state index contributed by atoms with van der Waals surface area (Å²) in [4.78, 5) is 24.4. The van der Waals surface area contributed by atoms with Crippen molar-refractivity contribution >= 4 is 40.8 Å². The number of aliphatic hydroxyl groups excluding tert-OH is 1. The molecule has 2 heterocycles. The molecule has 1 aromatic carbocycles. The zero-order valence-electron chi connectivity index (χ0n) is 18.8. The zero-order valence-corrected chi connectivity index (χ0v) is 20.9. The van der Waals surface area contributed by atoms with E-state index in [1.165, 1.54) is 13.3 Å². The average Bonchev–Trinajstić information content (AvgIpc) is 3.22. The lowest BCUT2D eigenvalue weighted by Gasteiger charge is -2.28. The van der Waals surface area contributed by atoms with E-state index in [1.54, 1.807) is 37.3 Å². The molecule has 0 saturated carbocycles. The molecule has 1 aliphatic heterocycles. The van der Waals surface area contributed by atoms with E-state index < -0.39 is 24.3 Å². The third-order valence-corrected chi connectivity index (χ3v) is 5.26. The van der Waals surface area contributed by atoms with Crippen molar-refractivity contribution in [3.63, 3.8) is 0 Å². The van der Waals surface area contributed by atoms with Crippen LogP contribution in [-0.4, -0.2) is 49.9 Å². The fourth-order valence-corrected chi connectivity index (χ4v) is 3.64. The SMILES string of the molecule is CCOc1cc([C@H]2NC(=O)NC(C)=C2C(=O)OC)ccc1OC[C@H](O)N/N=C\c1ccc(I)o1. The molecule has 0 aliphatic carbocycles. The molecule has 0 radical (unpaired) electrons. The van der Waals surface area contributed by atoms with Crippen molar-refractivity contribution in [2.24, 2.45) is 5.10 Å². The number of rotatable bonds is 10. The van der Waals surface area contributed by atoms with Gasteiger partial charge in [-0.1, -0.05) is 6.07 Å². The van der Waals surface area contributed by atoms with Crippen LogP contribution < -0.4 is 25.5 Å². The van der Waals surface area contributed by atoms with E-state index >= 15 is 0 Å². The Bertz CT molecular complexity index is 1100. The molecule has 182 valence electrons.